The molecule has 18 heavy (non-hydrogen) atoms. The van der Waals surface area contributed by atoms with Gasteiger partial charge < -0.3 is 5.73 Å². The van der Waals surface area contributed by atoms with Gasteiger partial charge in [0.25, 0.3) is 0 Å². The van der Waals surface area contributed by atoms with Crippen molar-refractivity contribution in [2.75, 3.05) is 5.73 Å². The van der Waals surface area contributed by atoms with Crippen molar-refractivity contribution in [3.63, 3.8) is 0 Å². The van der Waals surface area contributed by atoms with Crippen molar-refractivity contribution in [1.82, 2.24) is 19.6 Å². The zero-order valence-electron chi connectivity index (χ0n) is 10.0. The molecule has 0 aliphatic heterocycles. The molecule has 0 spiro atoms. The van der Waals surface area contributed by atoms with Gasteiger partial charge in [-0.05, 0) is 24.6 Å². The largest absolute Gasteiger partial charge is 0.368 e. The fourth-order valence-electron chi connectivity index (χ4n) is 2.11. The third kappa shape index (κ3) is 1.60. The predicted octanol–water partition coefficient (Wildman–Crippen LogP) is 1.94. The Bertz CT molecular complexity index is 701. The summed E-state index contributed by atoms with van der Waals surface area (Å²) in [5.74, 6) is 0.270. The van der Waals surface area contributed by atoms with Crippen LogP contribution in [0.3, 0.4) is 0 Å². The monoisotopic (exact) mass is 239 g/mol. The molecule has 2 N–H and O–H groups in total. The predicted molar refractivity (Wildman–Crippen MR) is 70.0 cm³/mol. The van der Waals surface area contributed by atoms with E-state index < -0.39 is 0 Å². The second kappa shape index (κ2) is 4.10. The van der Waals surface area contributed by atoms with Crippen LogP contribution in [-0.2, 0) is 6.42 Å². The van der Waals surface area contributed by atoms with Gasteiger partial charge in [-0.2, -0.15) is 5.10 Å². The topological polar surface area (TPSA) is 69.1 Å². The van der Waals surface area contributed by atoms with E-state index in [0.717, 1.165) is 23.3 Å². The van der Waals surface area contributed by atoms with Crippen LogP contribution < -0.4 is 5.73 Å². The lowest BCUT2D eigenvalue weighted by Gasteiger charge is -1.99. The molecule has 3 aromatic heterocycles. The first-order chi connectivity index (χ1) is 8.79. The smallest absolute Gasteiger partial charge is 0.220 e. The summed E-state index contributed by atoms with van der Waals surface area (Å²) in [6.45, 7) is 2.11. The summed E-state index contributed by atoms with van der Waals surface area (Å²) >= 11 is 0. The van der Waals surface area contributed by atoms with E-state index in [-0.39, 0.29) is 5.95 Å². The molecule has 3 heterocycles. The summed E-state index contributed by atoms with van der Waals surface area (Å²) in [6.07, 6.45) is 4.48. The van der Waals surface area contributed by atoms with Crippen LogP contribution in [0.4, 0.5) is 5.95 Å². The molecule has 0 aliphatic rings. The highest BCUT2D eigenvalue weighted by molar-refractivity contribution is 5.70. The van der Waals surface area contributed by atoms with Crippen LogP contribution in [0.5, 0.6) is 0 Å². The molecule has 90 valence electrons. The molecule has 0 saturated heterocycles. The number of nitrogens with two attached hydrogens (primary N) is 1. The molecular formula is C13H13N5. The van der Waals surface area contributed by atoms with Gasteiger partial charge in [-0.15, -0.1) is 0 Å². The molecule has 3 aromatic rings. The minimum atomic E-state index is 0.270. The first-order valence-electron chi connectivity index (χ1n) is 5.84. The minimum Gasteiger partial charge on any atom is -0.368 e. The van der Waals surface area contributed by atoms with E-state index in [1.54, 1.807) is 6.20 Å². The summed E-state index contributed by atoms with van der Waals surface area (Å²) in [5, 5.41) is 4.57. The number of nitrogens with zero attached hydrogens (tertiary/aromatic N) is 4. The van der Waals surface area contributed by atoms with E-state index in [4.69, 9.17) is 5.73 Å². The van der Waals surface area contributed by atoms with Crippen LogP contribution in [0.15, 0.2) is 36.7 Å². The number of aryl methyl sites for hydroxylation is 1. The molecule has 0 atom stereocenters. The van der Waals surface area contributed by atoms with Crippen LogP contribution in [-0.4, -0.2) is 19.6 Å². The molecule has 0 aromatic carbocycles. The van der Waals surface area contributed by atoms with Crippen molar-refractivity contribution in [2.24, 2.45) is 0 Å². The maximum absolute atomic E-state index is 5.62. The second-order valence-corrected chi connectivity index (χ2v) is 4.01. The van der Waals surface area contributed by atoms with Gasteiger partial charge in [-0.25, -0.2) is 14.5 Å². The molecule has 0 radical (unpaired) electrons. The standard InChI is InChI=1S/C13H13N5/c1-2-9-11-5-3-4-8-18(11)17-12(9)10-6-7-15-13(14)16-10/h3-8H,2H2,1H3,(H2,14,15,16). The third-order valence-corrected chi connectivity index (χ3v) is 2.91. The van der Waals surface area contributed by atoms with Crippen molar-refractivity contribution < 1.29 is 0 Å². The number of aromatic nitrogens is 4. The minimum absolute atomic E-state index is 0.270. The van der Waals surface area contributed by atoms with Gasteiger partial charge in [0, 0.05) is 18.0 Å². The van der Waals surface area contributed by atoms with Crippen molar-refractivity contribution in [3.05, 3.63) is 42.2 Å². The molecular weight excluding hydrogens is 226 g/mol. The molecule has 0 aliphatic carbocycles. The Morgan fingerprint density at radius 1 is 1.28 bits per heavy atom. The Labute approximate surface area is 104 Å². The number of hydrogen-bond donors (Lipinski definition) is 1. The fraction of sp³-hybridized carbons (Fsp3) is 0.154. The van der Waals surface area contributed by atoms with Crippen molar-refractivity contribution >= 4 is 11.5 Å². The van der Waals surface area contributed by atoms with Gasteiger partial charge in [-0.1, -0.05) is 13.0 Å². The molecule has 0 fully saturated rings. The van der Waals surface area contributed by atoms with Gasteiger partial charge >= 0.3 is 0 Å². The van der Waals surface area contributed by atoms with E-state index in [1.807, 2.05) is 28.9 Å². The Morgan fingerprint density at radius 2 is 2.17 bits per heavy atom. The second-order valence-electron chi connectivity index (χ2n) is 4.01. The third-order valence-electron chi connectivity index (χ3n) is 2.91. The van der Waals surface area contributed by atoms with Gasteiger partial charge in [0.15, 0.2) is 0 Å². The number of rotatable bonds is 2. The van der Waals surface area contributed by atoms with E-state index in [9.17, 15) is 0 Å². The summed E-state index contributed by atoms with van der Waals surface area (Å²) in [6, 6.07) is 7.85. The van der Waals surface area contributed by atoms with E-state index >= 15 is 0 Å². The average Bonchev–Trinajstić information content (AvgIpc) is 2.77. The van der Waals surface area contributed by atoms with Crippen LogP contribution in [0.1, 0.15) is 12.5 Å². The number of fused-ring (bicyclic) bond motifs is 1. The van der Waals surface area contributed by atoms with Crippen LogP contribution in [0.25, 0.3) is 16.9 Å². The normalized spacial score (nSPS) is 10.9. The summed E-state index contributed by atoms with van der Waals surface area (Å²) in [7, 11) is 0. The highest BCUT2D eigenvalue weighted by Gasteiger charge is 2.13. The lowest BCUT2D eigenvalue weighted by molar-refractivity contribution is 0.961. The molecule has 0 amide bonds. The van der Waals surface area contributed by atoms with Gasteiger partial charge in [0.1, 0.15) is 5.69 Å². The maximum Gasteiger partial charge on any atom is 0.220 e. The van der Waals surface area contributed by atoms with Crippen LogP contribution in [0.2, 0.25) is 0 Å². The van der Waals surface area contributed by atoms with Gasteiger partial charge in [0.05, 0.1) is 11.2 Å². The molecule has 5 nitrogen and oxygen atoms in total. The fourth-order valence-corrected chi connectivity index (χ4v) is 2.11. The Hall–Kier alpha value is -2.43. The molecule has 0 bridgehead atoms. The number of pyridine rings is 1. The maximum atomic E-state index is 5.62. The molecule has 3 rings (SSSR count). The SMILES string of the molecule is CCc1c(-c2ccnc(N)n2)nn2ccccc12. The molecule has 0 unspecified atom stereocenters. The number of hydrogen-bond acceptors (Lipinski definition) is 4. The lowest BCUT2D eigenvalue weighted by Crippen LogP contribution is -1.96. The van der Waals surface area contributed by atoms with Crippen molar-refractivity contribution in [2.45, 2.75) is 13.3 Å². The average molecular weight is 239 g/mol. The van der Waals surface area contributed by atoms with Gasteiger partial charge in [0.2, 0.25) is 5.95 Å². The van der Waals surface area contributed by atoms with E-state index in [2.05, 4.69) is 28.1 Å². The Kier molecular flexibility index (Phi) is 2.44. The van der Waals surface area contributed by atoms with Crippen LogP contribution >= 0.6 is 0 Å². The lowest BCUT2D eigenvalue weighted by atomic mass is 10.1. The van der Waals surface area contributed by atoms with E-state index in [1.165, 1.54) is 5.56 Å². The van der Waals surface area contributed by atoms with Gasteiger partial charge in [-0.3, -0.25) is 0 Å². The summed E-state index contributed by atoms with van der Waals surface area (Å²) < 4.78 is 1.87. The van der Waals surface area contributed by atoms with Crippen LogP contribution in [0, 0.1) is 0 Å². The quantitative estimate of drug-likeness (QED) is 0.742. The zero-order chi connectivity index (χ0) is 12.5. The number of anilines is 1. The summed E-state index contributed by atoms with van der Waals surface area (Å²) in [5.41, 5.74) is 9.54. The first-order valence-corrected chi connectivity index (χ1v) is 5.84. The highest BCUT2D eigenvalue weighted by Crippen LogP contribution is 2.25. The molecule has 0 saturated carbocycles. The van der Waals surface area contributed by atoms with Crippen molar-refractivity contribution in [1.29, 1.82) is 0 Å². The molecule has 5 heteroatoms. The Morgan fingerprint density at radius 3 is 2.94 bits per heavy atom. The van der Waals surface area contributed by atoms with Crippen molar-refractivity contribution in [3.8, 4) is 11.4 Å². The number of nitrogen functional groups attached to an aromatic ring is 1. The summed E-state index contributed by atoms with van der Waals surface area (Å²) in [4.78, 5) is 8.14. The zero-order valence-corrected chi connectivity index (χ0v) is 10.0. The Balaban J connectivity index is 2.28. The first kappa shape index (κ1) is 10.7. The van der Waals surface area contributed by atoms with E-state index in [0.29, 0.717) is 0 Å². The highest BCUT2D eigenvalue weighted by atomic mass is 15.2.